The van der Waals surface area contributed by atoms with Crippen molar-refractivity contribution in [3.63, 3.8) is 0 Å². The second-order valence-corrected chi connectivity index (χ2v) is 7.26. The van der Waals surface area contributed by atoms with Gasteiger partial charge in [-0.15, -0.1) is 11.3 Å². The highest BCUT2D eigenvalue weighted by atomic mass is 32.1. The van der Waals surface area contributed by atoms with Gasteiger partial charge in [-0.25, -0.2) is 4.98 Å². The molecule has 2 heterocycles. The van der Waals surface area contributed by atoms with Crippen molar-refractivity contribution in [2.24, 2.45) is 5.41 Å². The molecule has 0 spiro atoms. The molecule has 0 bridgehead atoms. The van der Waals surface area contributed by atoms with Gasteiger partial charge < -0.3 is 10.2 Å². The summed E-state index contributed by atoms with van der Waals surface area (Å²) in [5.74, 6) is -0.881. The Labute approximate surface area is 129 Å². The number of hydrogen-bond acceptors (Lipinski definition) is 5. The van der Waals surface area contributed by atoms with Crippen LogP contribution in [0.2, 0.25) is 0 Å². The number of carboxylic acid groups (broad SMARTS) is 1. The maximum absolute atomic E-state index is 11.7. The molecule has 2 N–H and O–H groups in total. The molecule has 0 aliphatic carbocycles. The third kappa shape index (κ3) is 3.27. The van der Waals surface area contributed by atoms with E-state index in [2.05, 4.69) is 16.8 Å². The van der Waals surface area contributed by atoms with Gasteiger partial charge in [0.15, 0.2) is 0 Å². The molecule has 5 nitrogen and oxygen atoms in total. The van der Waals surface area contributed by atoms with Gasteiger partial charge in [-0.3, -0.25) is 9.69 Å². The van der Waals surface area contributed by atoms with E-state index in [1.807, 2.05) is 13.8 Å². The molecule has 0 aromatic carbocycles. The van der Waals surface area contributed by atoms with Crippen molar-refractivity contribution in [2.45, 2.75) is 52.7 Å². The van der Waals surface area contributed by atoms with Crippen molar-refractivity contribution < 1.29 is 15.0 Å². The lowest BCUT2D eigenvalue weighted by molar-refractivity contribution is -0.164. The Morgan fingerprint density at radius 2 is 2.24 bits per heavy atom. The number of thiazole rings is 1. The molecule has 2 rings (SSSR count). The number of hydrogen-bond donors (Lipinski definition) is 2. The topological polar surface area (TPSA) is 73.7 Å². The molecule has 0 radical (unpaired) electrons. The molecule has 118 valence electrons. The van der Waals surface area contributed by atoms with Crippen LogP contribution >= 0.6 is 11.3 Å². The minimum atomic E-state index is -1.03. The lowest BCUT2D eigenvalue weighted by Crippen LogP contribution is -2.55. The van der Waals surface area contributed by atoms with Gasteiger partial charge in [0, 0.05) is 18.0 Å². The average Bonchev–Trinajstić information content (AvgIpc) is 2.72. The third-order valence-corrected chi connectivity index (χ3v) is 5.47. The van der Waals surface area contributed by atoms with Crippen molar-refractivity contribution in [3.05, 3.63) is 15.6 Å². The zero-order chi connectivity index (χ0) is 15.6. The summed E-state index contributed by atoms with van der Waals surface area (Å²) in [6.45, 7) is 7.80. The summed E-state index contributed by atoms with van der Waals surface area (Å²) in [6.07, 6.45) is 1.02. The Morgan fingerprint density at radius 3 is 2.76 bits per heavy atom. The highest BCUT2D eigenvalue weighted by Gasteiger charge is 2.48. The lowest BCUT2D eigenvalue weighted by atomic mass is 9.74. The third-order valence-electron chi connectivity index (χ3n) is 4.42. The van der Waals surface area contributed by atoms with Crippen LogP contribution in [0, 0.1) is 19.3 Å². The molecular weight excluding hydrogens is 288 g/mol. The summed E-state index contributed by atoms with van der Waals surface area (Å²) < 4.78 is 0. The molecule has 6 heteroatoms. The Hall–Kier alpha value is -0.980. The number of aliphatic hydroxyl groups excluding tert-OH is 1. The standard InChI is InChI=1S/C15H24N2O3S/c1-4-6-15(14(19)20)9-17(7-5-12(15)18)8-13-16-10(2)11(3)21-13/h12,18H,4-9H2,1-3H3,(H,19,20)/t12-,15+/m0/s1. The SMILES string of the molecule is CCC[C@@]1(C(=O)O)CN(Cc2nc(C)c(C)s2)CC[C@@H]1O. The van der Waals surface area contributed by atoms with Crippen LogP contribution in [0.15, 0.2) is 0 Å². The number of aliphatic hydroxyl groups is 1. The van der Waals surface area contributed by atoms with E-state index in [9.17, 15) is 15.0 Å². The van der Waals surface area contributed by atoms with Crippen LogP contribution in [0.3, 0.4) is 0 Å². The number of likely N-dealkylation sites (tertiary alicyclic amines) is 1. The van der Waals surface area contributed by atoms with Crippen LogP contribution in [0.4, 0.5) is 0 Å². The first-order valence-electron chi connectivity index (χ1n) is 7.45. The zero-order valence-electron chi connectivity index (χ0n) is 12.9. The molecule has 0 unspecified atom stereocenters. The predicted molar refractivity (Wildman–Crippen MR) is 82.5 cm³/mol. The molecule has 2 atom stereocenters. The first-order valence-corrected chi connectivity index (χ1v) is 8.27. The molecule has 21 heavy (non-hydrogen) atoms. The maximum Gasteiger partial charge on any atom is 0.313 e. The van der Waals surface area contributed by atoms with Crippen molar-refractivity contribution >= 4 is 17.3 Å². The van der Waals surface area contributed by atoms with Gasteiger partial charge in [0.1, 0.15) is 10.4 Å². The van der Waals surface area contributed by atoms with Crippen LogP contribution in [-0.2, 0) is 11.3 Å². The molecule has 0 saturated carbocycles. The molecule has 1 aliphatic rings. The number of carbonyl (C=O) groups is 1. The molecule has 1 aliphatic heterocycles. The Bertz CT molecular complexity index is 498. The fourth-order valence-electron chi connectivity index (χ4n) is 3.11. The monoisotopic (exact) mass is 312 g/mol. The average molecular weight is 312 g/mol. The molecule has 1 aromatic heterocycles. The Morgan fingerprint density at radius 1 is 1.52 bits per heavy atom. The van der Waals surface area contributed by atoms with Crippen molar-refractivity contribution in [1.82, 2.24) is 9.88 Å². The van der Waals surface area contributed by atoms with Crippen LogP contribution in [-0.4, -0.2) is 45.3 Å². The first kappa shape index (κ1) is 16.4. The zero-order valence-corrected chi connectivity index (χ0v) is 13.7. The Kier molecular flexibility index (Phi) is 5.01. The van der Waals surface area contributed by atoms with E-state index in [1.165, 1.54) is 4.88 Å². The number of carboxylic acids is 1. The van der Waals surface area contributed by atoms with E-state index in [4.69, 9.17) is 0 Å². The summed E-state index contributed by atoms with van der Waals surface area (Å²) in [5.41, 5.74) is 0.0130. The second-order valence-electron chi connectivity index (χ2n) is 5.98. The highest BCUT2D eigenvalue weighted by molar-refractivity contribution is 7.11. The van der Waals surface area contributed by atoms with Gasteiger partial charge in [0.05, 0.1) is 18.3 Å². The number of piperidine rings is 1. The van der Waals surface area contributed by atoms with Crippen LogP contribution < -0.4 is 0 Å². The summed E-state index contributed by atoms with van der Waals surface area (Å²) >= 11 is 1.67. The Balaban J connectivity index is 2.14. The number of aliphatic carboxylic acids is 1. The number of aryl methyl sites for hydroxylation is 2. The molecule has 1 saturated heterocycles. The van der Waals surface area contributed by atoms with Crippen molar-refractivity contribution in [1.29, 1.82) is 0 Å². The number of rotatable bonds is 5. The number of nitrogens with zero attached hydrogens (tertiary/aromatic N) is 2. The second kappa shape index (κ2) is 6.42. The minimum absolute atomic E-state index is 0.398. The predicted octanol–water partition coefficient (Wildman–Crippen LogP) is 2.20. The quantitative estimate of drug-likeness (QED) is 0.872. The van der Waals surface area contributed by atoms with Gasteiger partial charge in [-0.1, -0.05) is 13.3 Å². The fraction of sp³-hybridized carbons (Fsp3) is 0.733. The van der Waals surface area contributed by atoms with Gasteiger partial charge in [-0.2, -0.15) is 0 Å². The van der Waals surface area contributed by atoms with Crippen LogP contribution in [0.1, 0.15) is 41.8 Å². The van der Waals surface area contributed by atoms with E-state index in [0.29, 0.717) is 25.9 Å². The summed E-state index contributed by atoms with van der Waals surface area (Å²) in [7, 11) is 0. The molecule has 0 amide bonds. The van der Waals surface area contributed by atoms with E-state index in [-0.39, 0.29) is 0 Å². The van der Waals surface area contributed by atoms with Gasteiger partial charge in [-0.05, 0) is 26.7 Å². The van der Waals surface area contributed by atoms with Crippen LogP contribution in [0.25, 0.3) is 0 Å². The summed E-state index contributed by atoms with van der Waals surface area (Å²) in [5, 5.41) is 20.9. The van der Waals surface area contributed by atoms with Gasteiger partial charge >= 0.3 is 5.97 Å². The molecular formula is C15H24N2O3S. The maximum atomic E-state index is 11.7. The molecule has 1 fully saturated rings. The van der Waals surface area contributed by atoms with E-state index >= 15 is 0 Å². The first-order chi connectivity index (χ1) is 9.89. The fourth-order valence-corrected chi connectivity index (χ4v) is 4.08. The van der Waals surface area contributed by atoms with Gasteiger partial charge in [0.2, 0.25) is 0 Å². The van der Waals surface area contributed by atoms with Crippen LogP contribution in [0.5, 0.6) is 0 Å². The highest BCUT2D eigenvalue weighted by Crippen LogP contribution is 2.36. The summed E-state index contributed by atoms with van der Waals surface area (Å²) in [4.78, 5) is 19.6. The van der Waals surface area contributed by atoms with E-state index in [0.717, 1.165) is 23.7 Å². The normalized spacial score (nSPS) is 27.0. The smallest absolute Gasteiger partial charge is 0.313 e. The lowest BCUT2D eigenvalue weighted by Gasteiger charge is -2.43. The van der Waals surface area contributed by atoms with Crippen molar-refractivity contribution in [3.8, 4) is 0 Å². The van der Waals surface area contributed by atoms with E-state index in [1.54, 1.807) is 11.3 Å². The number of aromatic nitrogens is 1. The largest absolute Gasteiger partial charge is 0.481 e. The van der Waals surface area contributed by atoms with Gasteiger partial charge in [0.25, 0.3) is 0 Å². The summed E-state index contributed by atoms with van der Waals surface area (Å²) in [6, 6.07) is 0. The minimum Gasteiger partial charge on any atom is -0.481 e. The molecule has 1 aromatic rings. The van der Waals surface area contributed by atoms with E-state index < -0.39 is 17.5 Å². The van der Waals surface area contributed by atoms with Crippen molar-refractivity contribution in [2.75, 3.05) is 13.1 Å².